The van der Waals surface area contributed by atoms with Gasteiger partial charge in [0.2, 0.25) is 0 Å². The normalized spacial score (nSPS) is 10.7. The Morgan fingerprint density at radius 1 is 1.33 bits per heavy atom. The molecule has 2 aromatic rings. The summed E-state index contributed by atoms with van der Waals surface area (Å²) in [6.07, 6.45) is 0. The summed E-state index contributed by atoms with van der Waals surface area (Å²) < 4.78 is 28.1. The highest BCUT2D eigenvalue weighted by atomic mass is 19.1. The number of rotatable bonds is 4. The van der Waals surface area contributed by atoms with Gasteiger partial charge in [-0.2, -0.15) is 5.10 Å². The number of ketones is 1. The van der Waals surface area contributed by atoms with E-state index in [1.165, 1.54) is 13.8 Å². The summed E-state index contributed by atoms with van der Waals surface area (Å²) in [5.74, 6) is -2.79. The van der Waals surface area contributed by atoms with Gasteiger partial charge in [-0.05, 0) is 26.0 Å². The highest BCUT2D eigenvalue weighted by Gasteiger charge is 2.24. The van der Waals surface area contributed by atoms with Crippen LogP contribution in [0.15, 0.2) is 18.2 Å². The minimum Gasteiger partial charge on any atom is -0.292 e. The molecule has 1 heterocycles. The predicted molar refractivity (Wildman–Crippen MR) is 69.0 cm³/mol. The number of benzene rings is 1. The third-order valence-corrected chi connectivity index (χ3v) is 3.06. The summed E-state index contributed by atoms with van der Waals surface area (Å²) in [5, 5.41) is 14.7. The maximum Gasteiger partial charge on any atom is 0.312 e. The van der Waals surface area contributed by atoms with E-state index < -0.39 is 34.4 Å². The highest BCUT2D eigenvalue weighted by Crippen LogP contribution is 2.22. The van der Waals surface area contributed by atoms with Gasteiger partial charge < -0.3 is 0 Å². The average Bonchev–Trinajstić information content (AvgIpc) is 2.63. The Morgan fingerprint density at radius 2 is 1.90 bits per heavy atom. The lowest BCUT2D eigenvalue weighted by Gasteiger charge is -2.05. The second kappa shape index (κ2) is 5.39. The van der Waals surface area contributed by atoms with E-state index in [9.17, 15) is 23.7 Å². The van der Waals surface area contributed by atoms with Crippen molar-refractivity contribution in [2.45, 2.75) is 20.4 Å². The van der Waals surface area contributed by atoms with Gasteiger partial charge in [0, 0.05) is 0 Å². The Balaban J connectivity index is 2.37. The first kappa shape index (κ1) is 14.8. The minimum atomic E-state index is -0.976. The first-order valence-corrected chi connectivity index (χ1v) is 5.98. The molecule has 1 aromatic heterocycles. The van der Waals surface area contributed by atoms with Gasteiger partial charge >= 0.3 is 5.69 Å². The van der Waals surface area contributed by atoms with E-state index in [2.05, 4.69) is 5.10 Å². The fraction of sp³-hybridized carbons (Fsp3) is 0.231. The molecule has 0 unspecified atom stereocenters. The van der Waals surface area contributed by atoms with Crippen molar-refractivity contribution >= 4 is 11.5 Å². The molecule has 110 valence electrons. The van der Waals surface area contributed by atoms with E-state index in [1.807, 2.05) is 0 Å². The van der Waals surface area contributed by atoms with Crippen molar-refractivity contribution in [2.24, 2.45) is 0 Å². The van der Waals surface area contributed by atoms with Crippen molar-refractivity contribution in [3.05, 3.63) is 56.9 Å². The molecular weight excluding hydrogens is 284 g/mol. The third-order valence-electron chi connectivity index (χ3n) is 3.06. The maximum absolute atomic E-state index is 13.5. The Hall–Kier alpha value is -2.64. The quantitative estimate of drug-likeness (QED) is 0.493. The largest absolute Gasteiger partial charge is 0.312 e. The van der Waals surface area contributed by atoms with Crippen LogP contribution in [0.25, 0.3) is 0 Å². The van der Waals surface area contributed by atoms with Crippen molar-refractivity contribution in [3.8, 4) is 0 Å². The lowest BCUT2D eigenvalue weighted by atomic mass is 10.1. The smallest absolute Gasteiger partial charge is 0.292 e. The van der Waals surface area contributed by atoms with Crippen molar-refractivity contribution in [1.29, 1.82) is 0 Å². The summed E-state index contributed by atoms with van der Waals surface area (Å²) >= 11 is 0. The molecule has 0 fully saturated rings. The molecule has 0 radical (unpaired) electrons. The van der Waals surface area contributed by atoms with Crippen LogP contribution < -0.4 is 0 Å². The summed E-state index contributed by atoms with van der Waals surface area (Å²) in [6.45, 7) is 2.37. The Labute approximate surface area is 118 Å². The molecule has 1 aromatic carbocycles. The van der Waals surface area contributed by atoms with Gasteiger partial charge in [-0.15, -0.1) is 0 Å². The van der Waals surface area contributed by atoms with Gasteiger partial charge in [0.25, 0.3) is 0 Å². The molecule has 0 aliphatic rings. The molecule has 2 rings (SSSR count). The predicted octanol–water partition coefficient (Wildman–Crippen LogP) is 2.57. The van der Waals surface area contributed by atoms with Crippen LogP contribution in [0.1, 0.15) is 21.7 Å². The molecule has 0 aliphatic carbocycles. The van der Waals surface area contributed by atoms with Gasteiger partial charge in [-0.1, -0.05) is 6.07 Å². The van der Waals surface area contributed by atoms with Gasteiger partial charge in [0.15, 0.2) is 5.78 Å². The third kappa shape index (κ3) is 2.64. The van der Waals surface area contributed by atoms with Crippen LogP contribution in [0, 0.1) is 35.6 Å². The highest BCUT2D eigenvalue weighted by molar-refractivity contribution is 5.96. The first-order valence-electron chi connectivity index (χ1n) is 5.98. The Bertz CT molecular complexity index is 720. The summed E-state index contributed by atoms with van der Waals surface area (Å²) in [7, 11) is 0. The molecular formula is C13H11F2N3O3. The van der Waals surface area contributed by atoms with Crippen LogP contribution in [0.4, 0.5) is 14.5 Å². The zero-order chi connectivity index (χ0) is 15.7. The van der Waals surface area contributed by atoms with E-state index in [0.717, 1.165) is 22.9 Å². The number of hydrogen-bond donors (Lipinski definition) is 0. The molecule has 0 aliphatic heterocycles. The molecule has 0 saturated heterocycles. The van der Waals surface area contributed by atoms with Crippen molar-refractivity contribution in [2.75, 3.05) is 0 Å². The summed E-state index contributed by atoms with van der Waals surface area (Å²) in [6, 6.07) is 3.09. The molecule has 21 heavy (non-hydrogen) atoms. The molecule has 0 spiro atoms. The van der Waals surface area contributed by atoms with Crippen molar-refractivity contribution in [1.82, 2.24) is 9.78 Å². The number of carbonyl (C=O) groups is 1. The van der Waals surface area contributed by atoms with E-state index in [1.54, 1.807) is 0 Å². The van der Waals surface area contributed by atoms with Gasteiger partial charge in [-0.3, -0.25) is 19.6 Å². The second-order valence-electron chi connectivity index (χ2n) is 4.45. The number of aromatic nitrogens is 2. The first-order chi connectivity index (χ1) is 9.82. The van der Waals surface area contributed by atoms with Crippen molar-refractivity contribution < 1.29 is 18.5 Å². The molecule has 0 saturated carbocycles. The number of nitrogens with zero attached hydrogens (tertiary/aromatic N) is 3. The van der Waals surface area contributed by atoms with Gasteiger partial charge in [0.05, 0.1) is 10.5 Å². The maximum atomic E-state index is 13.5. The lowest BCUT2D eigenvalue weighted by molar-refractivity contribution is -0.386. The number of nitro groups is 1. The molecule has 8 heteroatoms. The van der Waals surface area contributed by atoms with E-state index in [-0.39, 0.29) is 17.1 Å². The van der Waals surface area contributed by atoms with Crippen LogP contribution in [0.5, 0.6) is 0 Å². The lowest BCUT2D eigenvalue weighted by Crippen LogP contribution is -2.16. The molecule has 6 nitrogen and oxygen atoms in total. The summed E-state index contributed by atoms with van der Waals surface area (Å²) in [4.78, 5) is 22.2. The molecule has 0 N–H and O–H groups in total. The van der Waals surface area contributed by atoms with E-state index >= 15 is 0 Å². The number of carbonyl (C=O) groups excluding carboxylic acids is 1. The Kier molecular flexibility index (Phi) is 3.79. The fourth-order valence-corrected chi connectivity index (χ4v) is 2.08. The topological polar surface area (TPSA) is 78.0 Å². The number of aryl methyl sites for hydroxylation is 1. The summed E-state index contributed by atoms with van der Waals surface area (Å²) in [5.41, 5.74) is -0.591. The average molecular weight is 295 g/mol. The van der Waals surface area contributed by atoms with Crippen LogP contribution in [-0.2, 0) is 6.54 Å². The fourth-order valence-electron chi connectivity index (χ4n) is 2.08. The Morgan fingerprint density at radius 3 is 2.38 bits per heavy atom. The zero-order valence-corrected chi connectivity index (χ0v) is 11.3. The number of Topliss-reactive ketones (excluding diaryl/α,β-unsaturated/α-hetero) is 1. The molecule has 0 atom stereocenters. The zero-order valence-electron chi connectivity index (χ0n) is 11.3. The molecule has 0 amide bonds. The SMILES string of the molecule is Cc1nn(CC(=O)c2c(F)cccc2F)c(C)c1[N+](=O)[O-]. The second-order valence-corrected chi connectivity index (χ2v) is 4.45. The van der Waals surface area contributed by atoms with Gasteiger partial charge in [0.1, 0.15) is 29.6 Å². The van der Waals surface area contributed by atoms with Crippen LogP contribution in [-0.4, -0.2) is 20.5 Å². The monoisotopic (exact) mass is 295 g/mol. The van der Waals surface area contributed by atoms with E-state index in [0.29, 0.717) is 0 Å². The number of hydrogen-bond acceptors (Lipinski definition) is 4. The van der Waals surface area contributed by atoms with Crippen molar-refractivity contribution in [3.63, 3.8) is 0 Å². The van der Waals surface area contributed by atoms with Crippen LogP contribution in [0.3, 0.4) is 0 Å². The standard InChI is InChI=1S/C13H11F2N3O3/c1-7-13(18(20)21)8(2)17(16-7)6-11(19)12-9(14)4-3-5-10(12)15/h3-5H,6H2,1-2H3. The van der Waals surface area contributed by atoms with Crippen LogP contribution in [0.2, 0.25) is 0 Å². The van der Waals surface area contributed by atoms with Gasteiger partial charge in [-0.25, -0.2) is 8.78 Å². The van der Waals surface area contributed by atoms with E-state index in [4.69, 9.17) is 0 Å². The minimum absolute atomic E-state index is 0.138. The molecule has 0 bridgehead atoms. The number of halogens is 2. The van der Waals surface area contributed by atoms with Crippen LogP contribution >= 0.6 is 0 Å².